The van der Waals surface area contributed by atoms with Crippen molar-refractivity contribution in [1.82, 2.24) is 0 Å². The average Bonchev–Trinajstić information content (AvgIpc) is 2.04. The molecule has 0 aromatic heterocycles. The van der Waals surface area contributed by atoms with Crippen LogP contribution in [0.3, 0.4) is 0 Å². The van der Waals surface area contributed by atoms with Gasteiger partial charge in [-0.3, -0.25) is 0 Å². The third-order valence-electron chi connectivity index (χ3n) is 1.27. The summed E-state index contributed by atoms with van der Waals surface area (Å²) in [6, 6.07) is 8.18. The summed E-state index contributed by atoms with van der Waals surface area (Å²) in [5.41, 5.74) is 0. The Morgan fingerprint density at radius 3 is 2.15 bits per heavy atom. The van der Waals surface area contributed by atoms with Crippen LogP contribution in [0.15, 0.2) is 30.3 Å². The van der Waals surface area contributed by atoms with Gasteiger partial charge in [0, 0.05) is 0 Å². The molecule has 0 bridgehead atoms. The molecule has 5 heteroatoms. The molecule has 0 saturated carbocycles. The van der Waals surface area contributed by atoms with Gasteiger partial charge in [-0.15, -0.1) is 0 Å². The summed E-state index contributed by atoms with van der Waals surface area (Å²) in [7, 11) is 0. The minimum atomic E-state index is -4.50. The summed E-state index contributed by atoms with van der Waals surface area (Å²) < 4.78 is 36.2. The monoisotopic (exact) mass is 256 g/mol. The van der Waals surface area contributed by atoms with Gasteiger partial charge in [-0.1, -0.05) is 0 Å². The molecule has 0 heterocycles. The van der Waals surface area contributed by atoms with Crippen LogP contribution in [0, 0.1) is 0 Å². The topological polar surface area (TPSA) is 20.2 Å². The van der Waals surface area contributed by atoms with Gasteiger partial charge in [0.25, 0.3) is 0 Å². The first-order valence-electron chi connectivity index (χ1n) is 3.46. The molecule has 0 radical (unpaired) electrons. The Kier molecular flexibility index (Phi) is 3.36. The first-order valence-corrected chi connectivity index (χ1v) is 5.31. The second kappa shape index (κ2) is 4.13. The van der Waals surface area contributed by atoms with Crippen LogP contribution < -0.4 is 4.46 Å². The fourth-order valence-electron chi connectivity index (χ4n) is 0.695. The number of aliphatic hydroxyl groups excluding tert-OH is 1. The molecule has 1 rings (SSSR count). The van der Waals surface area contributed by atoms with Crippen LogP contribution in [0.4, 0.5) is 13.2 Å². The van der Waals surface area contributed by atoms with Crippen LogP contribution in [0.5, 0.6) is 0 Å². The molecule has 0 aliphatic heterocycles. The van der Waals surface area contributed by atoms with Crippen LogP contribution in [-0.4, -0.2) is 31.2 Å². The maximum atomic E-state index is 11.9. The van der Waals surface area contributed by atoms with Crippen LogP contribution in [0.1, 0.15) is 0 Å². The molecular weight excluding hydrogens is 248 g/mol. The first-order chi connectivity index (χ1) is 6.00. The zero-order chi connectivity index (χ0) is 9.90. The van der Waals surface area contributed by atoms with Crippen molar-refractivity contribution < 1.29 is 18.3 Å². The van der Waals surface area contributed by atoms with E-state index in [-0.39, 0.29) is 0 Å². The molecule has 0 spiro atoms. The number of hydrogen-bond donors (Lipinski definition) is 1. The molecule has 0 saturated heterocycles. The molecule has 72 valence electrons. The molecule has 0 fully saturated rings. The van der Waals surface area contributed by atoms with Crippen molar-refractivity contribution in [3.8, 4) is 0 Å². The van der Waals surface area contributed by atoms with E-state index in [9.17, 15) is 13.2 Å². The van der Waals surface area contributed by atoms with E-state index in [1.54, 1.807) is 30.3 Å². The fourth-order valence-corrected chi connectivity index (χ4v) is 2.18. The summed E-state index contributed by atoms with van der Waals surface area (Å²) >= 11 is -0.959. The molecule has 0 aliphatic carbocycles. The second-order valence-corrected chi connectivity index (χ2v) is 4.75. The Hall–Kier alpha value is -0.511. The van der Waals surface area contributed by atoms with Crippen molar-refractivity contribution in [3.05, 3.63) is 30.3 Å². The van der Waals surface area contributed by atoms with Gasteiger partial charge >= 0.3 is 79.2 Å². The third-order valence-corrected chi connectivity index (χ3v) is 3.44. The van der Waals surface area contributed by atoms with Crippen LogP contribution in [0.25, 0.3) is 0 Å². The Balaban J connectivity index is 2.61. The summed E-state index contributed by atoms with van der Waals surface area (Å²) in [5.74, 6) is 0. The van der Waals surface area contributed by atoms with E-state index in [1.807, 2.05) is 0 Å². The maximum absolute atomic E-state index is 11.9. The van der Waals surface area contributed by atoms with E-state index in [4.69, 9.17) is 5.11 Å². The van der Waals surface area contributed by atoms with E-state index in [1.165, 1.54) is 0 Å². The van der Waals surface area contributed by atoms with E-state index < -0.39 is 26.1 Å². The van der Waals surface area contributed by atoms with Crippen LogP contribution in [0.2, 0.25) is 0 Å². The number of benzene rings is 1. The molecule has 13 heavy (non-hydrogen) atoms. The van der Waals surface area contributed by atoms with Gasteiger partial charge in [-0.05, 0) is 0 Å². The van der Waals surface area contributed by atoms with Gasteiger partial charge in [0.1, 0.15) is 0 Å². The van der Waals surface area contributed by atoms with Gasteiger partial charge < -0.3 is 0 Å². The number of rotatable bonds is 2. The standard InChI is InChI=1S/C8H7F3OSe/c9-8(10,11)7(12)13-6-4-2-1-3-5-6/h1-5,7,12H. The number of hydrogen-bond acceptors (Lipinski definition) is 1. The zero-order valence-corrected chi connectivity index (χ0v) is 8.17. The minimum absolute atomic E-state index is 0.542. The molecule has 1 nitrogen and oxygen atoms in total. The van der Waals surface area contributed by atoms with Crippen molar-refractivity contribution in [2.24, 2.45) is 0 Å². The Morgan fingerprint density at radius 2 is 1.69 bits per heavy atom. The Morgan fingerprint density at radius 1 is 1.15 bits per heavy atom. The van der Waals surface area contributed by atoms with Crippen LogP contribution in [-0.2, 0) is 0 Å². The Labute approximate surface area is 79.7 Å². The quantitative estimate of drug-likeness (QED) is 0.778. The van der Waals surface area contributed by atoms with Crippen molar-refractivity contribution in [3.63, 3.8) is 0 Å². The van der Waals surface area contributed by atoms with Gasteiger partial charge in [-0.25, -0.2) is 0 Å². The van der Waals surface area contributed by atoms with Crippen molar-refractivity contribution in [2.45, 2.75) is 11.2 Å². The van der Waals surface area contributed by atoms with Gasteiger partial charge in [-0.2, -0.15) is 0 Å². The van der Waals surface area contributed by atoms with E-state index in [2.05, 4.69) is 0 Å². The van der Waals surface area contributed by atoms with Gasteiger partial charge in [0.2, 0.25) is 0 Å². The molecule has 1 atom stereocenters. The van der Waals surface area contributed by atoms with E-state index >= 15 is 0 Å². The number of halogens is 3. The average molecular weight is 255 g/mol. The van der Waals surface area contributed by atoms with Gasteiger partial charge in [0.05, 0.1) is 0 Å². The first kappa shape index (κ1) is 10.6. The van der Waals surface area contributed by atoms with Crippen molar-refractivity contribution in [2.75, 3.05) is 0 Å². The molecule has 0 amide bonds. The Bertz CT molecular complexity index is 260. The second-order valence-electron chi connectivity index (χ2n) is 2.32. The fraction of sp³-hybridized carbons (Fsp3) is 0.250. The zero-order valence-electron chi connectivity index (χ0n) is 6.45. The van der Waals surface area contributed by atoms with Crippen LogP contribution >= 0.6 is 0 Å². The molecule has 1 aromatic rings. The number of alkyl halides is 3. The van der Waals surface area contributed by atoms with E-state index in [0.29, 0.717) is 4.46 Å². The SMILES string of the molecule is OC([Se]c1ccccc1)C(F)(F)F. The summed E-state index contributed by atoms with van der Waals surface area (Å²) in [6.45, 7) is 0. The predicted molar refractivity (Wildman–Crippen MR) is 43.9 cm³/mol. The molecule has 1 aromatic carbocycles. The summed E-state index contributed by atoms with van der Waals surface area (Å²) in [4.78, 5) is 0. The van der Waals surface area contributed by atoms with Crippen molar-refractivity contribution in [1.29, 1.82) is 0 Å². The molecule has 0 aliphatic rings. The molecular formula is C8H7F3OSe. The van der Waals surface area contributed by atoms with Crippen molar-refractivity contribution >= 4 is 19.4 Å². The molecule has 1 unspecified atom stereocenters. The summed E-state index contributed by atoms with van der Waals surface area (Å²) in [5, 5.41) is 6.54. The predicted octanol–water partition coefficient (Wildman–Crippen LogP) is 0.897. The molecule has 1 N–H and O–H groups in total. The van der Waals surface area contributed by atoms with Gasteiger partial charge in [0.15, 0.2) is 0 Å². The third kappa shape index (κ3) is 3.38. The van der Waals surface area contributed by atoms with E-state index in [0.717, 1.165) is 0 Å². The number of aliphatic hydroxyl groups is 1. The normalized spacial score (nSPS) is 14.2. The summed E-state index contributed by atoms with van der Waals surface area (Å²) in [6.07, 6.45) is -4.50.